The maximum atomic E-state index is 13.6. The number of hydrogen-bond donors (Lipinski definition) is 1. The fourth-order valence-electron chi connectivity index (χ4n) is 2.35. The van der Waals surface area contributed by atoms with Gasteiger partial charge in [0.05, 0.1) is 5.56 Å². The first-order valence-corrected chi connectivity index (χ1v) is 7.23. The van der Waals surface area contributed by atoms with Crippen molar-refractivity contribution in [2.24, 2.45) is 0 Å². The van der Waals surface area contributed by atoms with Crippen LogP contribution in [0.2, 0.25) is 0 Å². The number of carbonyl (C=O) groups is 1. The normalized spacial score (nSPS) is 17.1. The summed E-state index contributed by atoms with van der Waals surface area (Å²) in [6.45, 7) is 1.30. The van der Waals surface area contributed by atoms with Crippen molar-refractivity contribution in [3.63, 3.8) is 0 Å². The summed E-state index contributed by atoms with van der Waals surface area (Å²) in [6.07, 6.45) is -3.72. The maximum absolute atomic E-state index is 13.6. The molecular formula is C15H18F4N2O2. The van der Waals surface area contributed by atoms with E-state index in [1.165, 1.54) is 0 Å². The van der Waals surface area contributed by atoms with Gasteiger partial charge in [-0.25, -0.2) is 9.18 Å². The average Bonchev–Trinajstić information content (AvgIpc) is 2.47. The Hall–Kier alpha value is -1.83. The van der Waals surface area contributed by atoms with Gasteiger partial charge in [0.25, 0.3) is 0 Å². The van der Waals surface area contributed by atoms with Gasteiger partial charge in [0.15, 0.2) is 0 Å². The number of benzene rings is 1. The second-order valence-electron chi connectivity index (χ2n) is 5.60. The maximum Gasteiger partial charge on any atom is 0.416 e. The zero-order chi connectivity index (χ0) is 17.0. The molecule has 4 nitrogen and oxygen atoms in total. The second kappa shape index (κ2) is 7.16. The molecule has 0 bridgehead atoms. The number of alkyl carbamates (subject to hydrolysis) is 1. The molecule has 1 heterocycles. The summed E-state index contributed by atoms with van der Waals surface area (Å²) in [7, 11) is 1.99. The zero-order valence-electron chi connectivity index (χ0n) is 12.6. The predicted octanol–water partition coefficient (Wildman–Crippen LogP) is 3.16. The summed E-state index contributed by atoms with van der Waals surface area (Å²) in [6, 6.07) is 2.13. The van der Waals surface area contributed by atoms with E-state index in [9.17, 15) is 22.4 Å². The van der Waals surface area contributed by atoms with Crippen LogP contribution in [0.1, 0.15) is 24.0 Å². The molecular weight excluding hydrogens is 316 g/mol. The molecule has 0 atom stereocenters. The number of likely N-dealkylation sites (tertiary alicyclic amines) is 1. The van der Waals surface area contributed by atoms with Crippen molar-refractivity contribution in [3.05, 3.63) is 35.1 Å². The standard InChI is InChI=1S/C15H18F4N2O2/c1-21-6-4-12(5-7-21)20-14(22)23-9-10-2-3-11(8-13(10)16)15(17,18)19/h2-3,8,12H,4-7,9H2,1H3,(H,20,22). The first-order valence-electron chi connectivity index (χ1n) is 7.23. The van der Waals surface area contributed by atoms with Gasteiger partial charge in [0.1, 0.15) is 12.4 Å². The molecule has 0 unspecified atom stereocenters. The van der Waals surface area contributed by atoms with E-state index in [0.29, 0.717) is 6.07 Å². The fraction of sp³-hybridized carbons (Fsp3) is 0.533. The highest BCUT2D eigenvalue weighted by molar-refractivity contribution is 5.67. The molecule has 0 spiro atoms. The van der Waals surface area contributed by atoms with Crippen LogP contribution in [0.4, 0.5) is 22.4 Å². The number of halogens is 4. The molecule has 1 amide bonds. The van der Waals surface area contributed by atoms with E-state index in [-0.39, 0.29) is 11.6 Å². The molecule has 1 aromatic rings. The molecule has 1 saturated heterocycles. The van der Waals surface area contributed by atoms with Gasteiger partial charge in [0, 0.05) is 11.6 Å². The van der Waals surface area contributed by atoms with E-state index in [0.717, 1.165) is 38.1 Å². The lowest BCUT2D eigenvalue weighted by molar-refractivity contribution is -0.137. The highest BCUT2D eigenvalue weighted by Gasteiger charge is 2.31. The molecule has 128 valence electrons. The van der Waals surface area contributed by atoms with Crippen molar-refractivity contribution >= 4 is 6.09 Å². The van der Waals surface area contributed by atoms with Gasteiger partial charge in [-0.05, 0) is 45.1 Å². The molecule has 0 aliphatic carbocycles. The first-order chi connectivity index (χ1) is 10.8. The minimum atomic E-state index is -4.61. The van der Waals surface area contributed by atoms with Gasteiger partial charge in [-0.2, -0.15) is 13.2 Å². The number of rotatable bonds is 3. The summed E-state index contributed by atoms with van der Waals surface area (Å²) >= 11 is 0. The topological polar surface area (TPSA) is 41.6 Å². The summed E-state index contributed by atoms with van der Waals surface area (Å²) in [5.41, 5.74) is -1.17. The number of amides is 1. The van der Waals surface area contributed by atoms with E-state index in [1.54, 1.807) is 0 Å². The number of carbonyl (C=O) groups excluding carboxylic acids is 1. The third-order valence-electron chi connectivity index (χ3n) is 3.78. The number of ether oxygens (including phenoxy) is 1. The molecule has 1 aliphatic heterocycles. The van der Waals surface area contributed by atoms with E-state index in [1.807, 2.05) is 7.05 Å². The highest BCUT2D eigenvalue weighted by Crippen LogP contribution is 2.30. The summed E-state index contributed by atoms with van der Waals surface area (Å²) in [4.78, 5) is 13.8. The summed E-state index contributed by atoms with van der Waals surface area (Å²) in [5.74, 6) is -1.05. The van der Waals surface area contributed by atoms with E-state index < -0.39 is 30.3 Å². The lowest BCUT2D eigenvalue weighted by atomic mass is 10.1. The molecule has 0 radical (unpaired) electrons. The zero-order valence-corrected chi connectivity index (χ0v) is 12.6. The molecule has 1 N–H and O–H groups in total. The Bertz CT molecular complexity index is 555. The van der Waals surface area contributed by atoms with E-state index in [2.05, 4.69) is 10.2 Å². The van der Waals surface area contributed by atoms with Crippen LogP contribution in [0.25, 0.3) is 0 Å². The second-order valence-corrected chi connectivity index (χ2v) is 5.60. The van der Waals surface area contributed by atoms with Crippen LogP contribution in [0.15, 0.2) is 18.2 Å². The van der Waals surface area contributed by atoms with Crippen LogP contribution in [-0.2, 0) is 17.5 Å². The van der Waals surface area contributed by atoms with Crippen LogP contribution in [0.5, 0.6) is 0 Å². The van der Waals surface area contributed by atoms with Crippen molar-refractivity contribution in [1.82, 2.24) is 10.2 Å². The largest absolute Gasteiger partial charge is 0.445 e. The van der Waals surface area contributed by atoms with E-state index >= 15 is 0 Å². The molecule has 2 rings (SSSR count). The van der Waals surface area contributed by atoms with Gasteiger partial charge >= 0.3 is 12.3 Å². The van der Waals surface area contributed by atoms with Crippen molar-refractivity contribution in [2.75, 3.05) is 20.1 Å². The van der Waals surface area contributed by atoms with Crippen LogP contribution in [0.3, 0.4) is 0 Å². The van der Waals surface area contributed by atoms with Crippen molar-refractivity contribution in [3.8, 4) is 0 Å². The predicted molar refractivity (Wildman–Crippen MR) is 75.2 cm³/mol. The smallest absolute Gasteiger partial charge is 0.416 e. The molecule has 1 aromatic carbocycles. The van der Waals surface area contributed by atoms with Gasteiger partial charge in [-0.15, -0.1) is 0 Å². The number of nitrogens with zero attached hydrogens (tertiary/aromatic N) is 1. The average molecular weight is 334 g/mol. The molecule has 1 fully saturated rings. The highest BCUT2D eigenvalue weighted by atomic mass is 19.4. The quantitative estimate of drug-likeness (QED) is 0.864. The Balaban J connectivity index is 1.84. The number of piperidine rings is 1. The Morgan fingerprint density at radius 1 is 1.35 bits per heavy atom. The Kier molecular flexibility index (Phi) is 5.46. The van der Waals surface area contributed by atoms with Gasteiger partial charge in [-0.3, -0.25) is 0 Å². The van der Waals surface area contributed by atoms with Crippen LogP contribution >= 0.6 is 0 Å². The number of alkyl halides is 3. The fourth-order valence-corrected chi connectivity index (χ4v) is 2.35. The molecule has 0 saturated carbocycles. The number of hydrogen-bond acceptors (Lipinski definition) is 3. The SMILES string of the molecule is CN1CCC(NC(=O)OCc2ccc(C(F)(F)F)cc2F)CC1. The minimum Gasteiger partial charge on any atom is -0.445 e. The van der Waals surface area contributed by atoms with E-state index in [4.69, 9.17) is 4.74 Å². The van der Waals surface area contributed by atoms with Crippen LogP contribution < -0.4 is 5.32 Å². The van der Waals surface area contributed by atoms with Crippen LogP contribution in [-0.4, -0.2) is 37.2 Å². The van der Waals surface area contributed by atoms with Crippen molar-refractivity contribution in [2.45, 2.75) is 31.7 Å². The lowest BCUT2D eigenvalue weighted by Gasteiger charge is -2.29. The van der Waals surface area contributed by atoms with Gasteiger partial charge in [0.2, 0.25) is 0 Å². The summed E-state index contributed by atoms with van der Waals surface area (Å²) in [5, 5.41) is 2.67. The Labute approximate surface area is 131 Å². The molecule has 23 heavy (non-hydrogen) atoms. The Morgan fingerprint density at radius 2 is 2.00 bits per heavy atom. The Morgan fingerprint density at radius 3 is 2.57 bits per heavy atom. The molecule has 1 aliphatic rings. The van der Waals surface area contributed by atoms with Gasteiger partial charge < -0.3 is 15.0 Å². The summed E-state index contributed by atoms with van der Waals surface area (Å²) < 4.78 is 55.8. The van der Waals surface area contributed by atoms with Gasteiger partial charge in [-0.1, -0.05) is 6.07 Å². The number of nitrogens with one attached hydrogen (secondary N) is 1. The van der Waals surface area contributed by atoms with Crippen molar-refractivity contribution < 1.29 is 27.1 Å². The first kappa shape index (κ1) is 17.5. The van der Waals surface area contributed by atoms with Crippen molar-refractivity contribution in [1.29, 1.82) is 0 Å². The minimum absolute atomic E-state index is 0.00356. The molecule has 8 heteroatoms. The van der Waals surface area contributed by atoms with Crippen LogP contribution in [0, 0.1) is 5.82 Å². The third-order valence-corrected chi connectivity index (χ3v) is 3.78. The third kappa shape index (κ3) is 5.09. The lowest BCUT2D eigenvalue weighted by Crippen LogP contribution is -2.43. The molecule has 0 aromatic heterocycles. The monoisotopic (exact) mass is 334 g/mol.